The van der Waals surface area contributed by atoms with Crippen LogP contribution in [0.3, 0.4) is 0 Å². The fourth-order valence-electron chi connectivity index (χ4n) is 1.56. The van der Waals surface area contributed by atoms with Gasteiger partial charge in [0.05, 0.1) is 5.60 Å². The highest BCUT2D eigenvalue weighted by Crippen LogP contribution is 2.43. The maximum Gasteiger partial charge on any atom is 0.0625 e. The smallest absolute Gasteiger partial charge is 0.0625 e. The van der Waals surface area contributed by atoms with Gasteiger partial charge in [-0.15, -0.1) is 0 Å². The van der Waals surface area contributed by atoms with E-state index in [2.05, 4.69) is 13.8 Å². The number of ether oxygens (including phenoxy) is 1. The van der Waals surface area contributed by atoms with Gasteiger partial charge in [-0.25, -0.2) is 0 Å². The fraction of sp³-hybridized carbons (Fsp3) is 1.00. The average Bonchev–Trinajstić information content (AvgIpc) is 2.67. The van der Waals surface area contributed by atoms with E-state index in [-0.39, 0.29) is 5.60 Å². The first-order valence-electron chi connectivity index (χ1n) is 4.34. The zero-order valence-electron chi connectivity index (χ0n) is 7.76. The van der Waals surface area contributed by atoms with Gasteiger partial charge in [-0.3, -0.25) is 0 Å². The van der Waals surface area contributed by atoms with E-state index in [9.17, 15) is 0 Å². The molecule has 0 spiro atoms. The summed E-state index contributed by atoms with van der Waals surface area (Å²) in [4.78, 5) is 0. The molecule has 66 valence electrons. The quantitative estimate of drug-likeness (QED) is 0.669. The van der Waals surface area contributed by atoms with Crippen molar-refractivity contribution in [2.75, 3.05) is 13.7 Å². The zero-order chi connectivity index (χ0) is 8.48. The lowest BCUT2D eigenvalue weighted by molar-refractivity contribution is 0.00980. The van der Waals surface area contributed by atoms with Gasteiger partial charge in [0, 0.05) is 7.11 Å². The molecular weight excluding hydrogens is 138 g/mol. The molecule has 0 aromatic heterocycles. The Balaban J connectivity index is 2.22. The third-order valence-electron chi connectivity index (χ3n) is 2.68. The van der Waals surface area contributed by atoms with E-state index < -0.39 is 0 Å². The van der Waals surface area contributed by atoms with Crippen molar-refractivity contribution in [3.8, 4) is 0 Å². The lowest BCUT2D eigenvalue weighted by Crippen LogP contribution is -2.23. The van der Waals surface area contributed by atoms with Gasteiger partial charge in [0.15, 0.2) is 0 Å². The van der Waals surface area contributed by atoms with Crippen LogP contribution in [0.5, 0.6) is 0 Å². The van der Waals surface area contributed by atoms with Crippen molar-refractivity contribution >= 4 is 0 Å². The molecule has 0 bridgehead atoms. The molecule has 1 fully saturated rings. The van der Waals surface area contributed by atoms with Gasteiger partial charge in [0.25, 0.3) is 0 Å². The molecule has 1 aliphatic carbocycles. The van der Waals surface area contributed by atoms with Gasteiger partial charge in [-0.05, 0) is 45.1 Å². The van der Waals surface area contributed by atoms with Crippen molar-refractivity contribution in [3.05, 3.63) is 0 Å². The van der Waals surface area contributed by atoms with E-state index in [1.807, 2.05) is 0 Å². The summed E-state index contributed by atoms with van der Waals surface area (Å²) in [5, 5.41) is 0. The Morgan fingerprint density at radius 1 is 1.45 bits per heavy atom. The van der Waals surface area contributed by atoms with E-state index in [1.165, 1.54) is 6.42 Å². The number of methoxy groups -OCH3 is 1. The molecule has 2 nitrogen and oxygen atoms in total. The van der Waals surface area contributed by atoms with Crippen LogP contribution in [0.2, 0.25) is 0 Å². The average molecular weight is 157 g/mol. The van der Waals surface area contributed by atoms with E-state index >= 15 is 0 Å². The summed E-state index contributed by atoms with van der Waals surface area (Å²) in [7, 11) is 1.78. The van der Waals surface area contributed by atoms with Gasteiger partial charge in [-0.2, -0.15) is 0 Å². The molecule has 11 heavy (non-hydrogen) atoms. The molecule has 0 amide bonds. The molecule has 1 aliphatic rings. The van der Waals surface area contributed by atoms with E-state index in [0.717, 1.165) is 24.8 Å². The molecule has 2 unspecified atom stereocenters. The summed E-state index contributed by atoms with van der Waals surface area (Å²) < 4.78 is 5.34. The molecule has 2 N–H and O–H groups in total. The Labute approximate surface area is 69.1 Å². The summed E-state index contributed by atoms with van der Waals surface area (Å²) in [6.07, 6.45) is 2.47. The van der Waals surface area contributed by atoms with E-state index in [4.69, 9.17) is 10.5 Å². The van der Waals surface area contributed by atoms with Crippen LogP contribution in [0.25, 0.3) is 0 Å². The van der Waals surface area contributed by atoms with Gasteiger partial charge >= 0.3 is 0 Å². The van der Waals surface area contributed by atoms with Crippen molar-refractivity contribution in [3.63, 3.8) is 0 Å². The van der Waals surface area contributed by atoms with Crippen LogP contribution in [-0.2, 0) is 4.74 Å². The largest absolute Gasteiger partial charge is 0.379 e. The second-order valence-electron chi connectivity index (χ2n) is 4.16. The maximum absolute atomic E-state index is 5.54. The molecule has 2 heteroatoms. The van der Waals surface area contributed by atoms with Crippen LogP contribution < -0.4 is 5.73 Å². The second kappa shape index (κ2) is 3.11. The molecule has 0 radical (unpaired) electrons. The molecule has 1 saturated carbocycles. The second-order valence-corrected chi connectivity index (χ2v) is 4.16. The normalized spacial score (nSPS) is 30.5. The number of rotatable bonds is 4. The first-order chi connectivity index (χ1) is 5.09. The third kappa shape index (κ3) is 2.46. The standard InChI is InChI=1S/C9H19NO/c1-9(2,11-3)5-7-4-8(7)6-10/h7-8H,4-6,10H2,1-3H3. The molecule has 2 atom stereocenters. The Bertz CT molecular complexity index is 134. The minimum Gasteiger partial charge on any atom is -0.379 e. The molecule has 1 rings (SSSR count). The van der Waals surface area contributed by atoms with Crippen molar-refractivity contribution in [2.45, 2.75) is 32.3 Å². The lowest BCUT2D eigenvalue weighted by atomic mass is 10.0. The lowest BCUT2D eigenvalue weighted by Gasteiger charge is -2.22. The Hall–Kier alpha value is -0.0800. The van der Waals surface area contributed by atoms with Crippen molar-refractivity contribution in [1.29, 1.82) is 0 Å². The SMILES string of the molecule is COC(C)(C)CC1CC1CN. The summed E-state index contributed by atoms with van der Waals surface area (Å²) in [5.41, 5.74) is 5.59. The predicted molar refractivity (Wildman–Crippen MR) is 46.4 cm³/mol. The van der Waals surface area contributed by atoms with Gasteiger partial charge in [0.1, 0.15) is 0 Å². The van der Waals surface area contributed by atoms with E-state index in [0.29, 0.717) is 0 Å². The van der Waals surface area contributed by atoms with Crippen LogP contribution in [-0.4, -0.2) is 19.3 Å². The minimum absolute atomic E-state index is 0.0502. The molecule has 0 saturated heterocycles. The molecule has 0 aliphatic heterocycles. The van der Waals surface area contributed by atoms with Crippen molar-refractivity contribution in [2.24, 2.45) is 17.6 Å². The van der Waals surface area contributed by atoms with Crippen LogP contribution in [0.15, 0.2) is 0 Å². The van der Waals surface area contributed by atoms with Crippen LogP contribution in [0.4, 0.5) is 0 Å². The van der Waals surface area contributed by atoms with Gasteiger partial charge in [0.2, 0.25) is 0 Å². The number of hydrogen-bond acceptors (Lipinski definition) is 2. The number of hydrogen-bond donors (Lipinski definition) is 1. The Morgan fingerprint density at radius 2 is 2.09 bits per heavy atom. The summed E-state index contributed by atoms with van der Waals surface area (Å²) in [5.74, 6) is 1.61. The zero-order valence-corrected chi connectivity index (χ0v) is 7.76. The number of nitrogens with two attached hydrogens (primary N) is 1. The van der Waals surface area contributed by atoms with Gasteiger partial charge in [-0.1, -0.05) is 0 Å². The van der Waals surface area contributed by atoms with Crippen molar-refractivity contribution < 1.29 is 4.74 Å². The van der Waals surface area contributed by atoms with Crippen molar-refractivity contribution in [1.82, 2.24) is 0 Å². The molecule has 0 heterocycles. The monoisotopic (exact) mass is 157 g/mol. The first-order valence-corrected chi connectivity index (χ1v) is 4.34. The molecular formula is C9H19NO. The van der Waals surface area contributed by atoms with Crippen LogP contribution >= 0.6 is 0 Å². The Kier molecular flexibility index (Phi) is 2.55. The highest BCUT2D eigenvalue weighted by molar-refractivity contribution is 4.91. The summed E-state index contributed by atoms with van der Waals surface area (Å²) in [6, 6.07) is 0. The topological polar surface area (TPSA) is 35.2 Å². The summed E-state index contributed by atoms with van der Waals surface area (Å²) in [6.45, 7) is 5.13. The fourth-order valence-corrected chi connectivity index (χ4v) is 1.56. The van der Waals surface area contributed by atoms with E-state index in [1.54, 1.807) is 7.11 Å². The highest BCUT2D eigenvalue weighted by atomic mass is 16.5. The predicted octanol–water partition coefficient (Wildman–Crippen LogP) is 1.40. The Morgan fingerprint density at radius 3 is 2.45 bits per heavy atom. The first kappa shape index (κ1) is 9.01. The van der Waals surface area contributed by atoms with Crippen LogP contribution in [0, 0.1) is 11.8 Å². The molecule has 0 aromatic rings. The maximum atomic E-state index is 5.54. The minimum atomic E-state index is 0.0502. The summed E-state index contributed by atoms with van der Waals surface area (Å²) >= 11 is 0. The van der Waals surface area contributed by atoms with Gasteiger partial charge < -0.3 is 10.5 Å². The molecule has 0 aromatic carbocycles. The third-order valence-corrected chi connectivity index (χ3v) is 2.68. The van der Waals surface area contributed by atoms with Crippen LogP contribution in [0.1, 0.15) is 26.7 Å². The highest BCUT2D eigenvalue weighted by Gasteiger charge is 2.39.